The van der Waals surface area contributed by atoms with Gasteiger partial charge in [-0.1, -0.05) is 0 Å². The highest BCUT2D eigenvalue weighted by molar-refractivity contribution is 6.05. The van der Waals surface area contributed by atoms with Crippen molar-refractivity contribution >= 4 is 23.1 Å². The van der Waals surface area contributed by atoms with Crippen LogP contribution in [0.25, 0.3) is 11.3 Å². The Morgan fingerprint density at radius 3 is 2.55 bits per heavy atom. The summed E-state index contributed by atoms with van der Waals surface area (Å²) in [7, 11) is 0. The molecule has 1 fully saturated rings. The summed E-state index contributed by atoms with van der Waals surface area (Å²) < 4.78 is 34.4. The summed E-state index contributed by atoms with van der Waals surface area (Å²) in [6.07, 6.45) is 2.10. The number of hydrogen-bond donors (Lipinski definition) is 3. The zero-order chi connectivity index (χ0) is 22.1. The molecule has 1 atom stereocenters. The van der Waals surface area contributed by atoms with Gasteiger partial charge in [0.2, 0.25) is 0 Å². The van der Waals surface area contributed by atoms with E-state index in [0.717, 1.165) is 25.0 Å². The third-order valence-corrected chi connectivity index (χ3v) is 5.25. The minimum atomic E-state index is -0.720. The number of nitrogen functional groups attached to an aromatic ring is 2. The van der Waals surface area contributed by atoms with Crippen LogP contribution < -0.4 is 21.5 Å². The minimum Gasteiger partial charge on any atom is -0.487 e. The fourth-order valence-corrected chi connectivity index (χ4v) is 3.24. The summed E-state index contributed by atoms with van der Waals surface area (Å²) in [6, 6.07) is 11.3. The van der Waals surface area contributed by atoms with Crippen LogP contribution in [-0.4, -0.2) is 17.0 Å². The molecule has 5 N–H and O–H groups in total. The van der Waals surface area contributed by atoms with Gasteiger partial charge in [0.05, 0.1) is 23.0 Å². The fraction of sp³-hybridized carbons (Fsp3) is 0.217. The Morgan fingerprint density at radius 2 is 1.87 bits per heavy atom. The van der Waals surface area contributed by atoms with Gasteiger partial charge in [0, 0.05) is 17.3 Å². The molecule has 1 aliphatic carbocycles. The van der Waals surface area contributed by atoms with Crippen molar-refractivity contribution in [2.45, 2.75) is 25.9 Å². The van der Waals surface area contributed by atoms with Gasteiger partial charge in [-0.15, -0.1) is 0 Å². The molecular formula is C23H22F2N4O2. The summed E-state index contributed by atoms with van der Waals surface area (Å²) in [5, 5.41) is 2.52. The number of carbonyl (C=O) groups excluding carboxylic acids is 1. The van der Waals surface area contributed by atoms with Crippen LogP contribution in [0.2, 0.25) is 0 Å². The van der Waals surface area contributed by atoms with E-state index in [1.54, 1.807) is 12.1 Å². The first-order valence-electron chi connectivity index (χ1n) is 9.91. The average molecular weight is 424 g/mol. The molecule has 6 nitrogen and oxygen atoms in total. The van der Waals surface area contributed by atoms with Crippen LogP contribution in [0.1, 0.15) is 30.1 Å². The van der Waals surface area contributed by atoms with Crippen molar-refractivity contribution in [3.05, 3.63) is 65.7 Å². The number of benzene rings is 2. The number of amides is 1. The van der Waals surface area contributed by atoms with Gasteiger partial charge in [-0.05, 0) is 68.1 Å². The lowest BCUT2D eigenvalue weighted by atomic mass is 10.1. The van der Waals surface area contributed by atoms with E-state index in [-0.39, 0.29) is 28.9 Å². The van der Waals surface area contributed by atoms with E-state index in [9.17, 15) is 13.6 Å². The first-order valence-corrected chi connectivity index (χ1v) is 9.91. The number of anilines is 3. The standard InChI is InChI=1S/C23H22F2N4O2/c1-12(13-2-3-13)31-21-9-5-15(11-18(21)25)28-23(30)16-10-14(4-6-17(16)24)20-8-7-19(26)22(27)29-20/h4-13H,2-3,26H2,1H3,(H2,27,29)(H,28,30). The molecule has 0 radical (unpaired) electrons. The maximum atomic E-state index is 14.4. The van der Waals surface area contributed by atoms with E-state index in [4.69, 9.17) is 16.2 Å². The van der Waals surface area contributed by atoms with Gasteiger partial charge in [0.15, 0.2) is 11.6 Å². The molecular weight excluding hydrogens is 402 g/mol. The normalized spacial score (nSPS) is 14.2. The van der Waals surface area contributed by atoms with E-state index in [1.165, 1.54) is 24.3 Å². The molecule has 1 aromatic heterocycles. The number of hydrogen-bond acceptors (Lipinski definition) is 5. The van der Waals surface area contributed by atoms with Crippen LogP contribution in [0, 0.1) is 17.6 Å². The lowest BCUT2D eigenvalue weighted by Gasteiger charge is -2.15. The third kappa shape index (κ3) is 4.58. The summed E-state index contributed by atoms with van der Waals surface area (Å²) in [6.45, 7) is 1.91. The minimum absolute atomic E-state index is 0.0669. The summed E-state index contributed by atoms with van der Waals surface area (Å²) in [5.41, 5.74) is 12.6. The predicted octanol–water partition coefficient (Wildman–Crippen LogP) is 4.62. The van der Waals surface area contributed by atoms with E-state index < -0.39 is 17.5 Å². The van der Waals surface area contributed by atoms with E-state index in [2.05, 4.69) is 10.3 Å². The van der Waals surface area contributed by atoms with Crippen molar-refractivity contribution < 1.29 is 18.3 Å². The van der Waals surface area contributed by atoms with Crippen molar-refractivity contribution in [1.82, 2.24) is 4.98 Å². The largest absolute Gasteiger partial charge is 0.487 e. The van der Waals surface area contributed by atoms with Crippen molar-refractivity contribution in [2.75, 3.05) is 16.8 Å². The molecule has 0 bridgehead atoms. The molecule has 2 aromatic carbocycles. The van der Waals surface area contributed by atoms with Crippen molar-refractivity contribution in [3.8, 4) is 17.0 Å². The second-order valence-corrected chi connectivity index (χ2v) is 7.63. The Balaban J connectivity index is 1.52. The number of pyridine rings is 1. The van der Waals surface area contributed by atoms with Gasteiger partial charge in [-0.2, -0.15) is 0 Å². The second-order valence-electron chi connectivity index (χ2n) is 7.63. The van der Waals surface area contributed by atoms with E-state index in [0.29, 0.717) is 22.9 Å². The topological polar surface area (TPSA) is 103 Å². The Hall–Kier alpha value is -3.68. The van der Waals surface area contributed by atoms with Gasteiger partial charge in [0.1, 0.15) is 11.6 Å². The van der Waals surface area contributed by atoms with Crippen molar-refractivity contribution in [3.63, 3.8) is 0 Å². The van der Waals surface area contributed by atoms with Gasteiger partial charge in [0.25, 0.3) is 5.91 Å². The number of ether oxygens (including phenoxy) is 1. The maximum Gasteiger partial charge on any atom is 0.258 e. The molecule has 1 aliphatic rings. The zero-order valence-corrected chi connectivity index (χ0v) is 16.9. The molecule has 1 unspecified atom stereocenters. The van der Waals surface area contributed by atoms with Crippen molar-refractivity contribution in [2.24, 2.45) is 5.92 Å². The highest BCUT2D eigenvalue weighted by Gasteiger charge is 2.30. The number of halogens is 2. The fourth-order valence-electron chi connectivity index (χ4n) is 3.24. The summed E-state index contributed by atoms with van der Waals surface area (Å²) in [4.78, 5) is 16.8. The quantitative estimate of drug-likeness (QED) is 0.536. The molecule has 31 heavy (non-hydrogen) atoms. The lowest BCUT2D eigenvalue weighted by Crippen LogP contribution is -2.16. The van der Waals surface area contributed by atoms with Crippen LogP contribution in [-0.2, 0) is 0 Å². The Kier molecular flexibility index (Phi) is 5.46. The number of nitrogens with one attached hydrogen (secondary N) is 1. The van der Waals surface area contributed by atoms with Crippen LogP contribution in [0.3, 0.4) is 0 Å². The molecule has 1 saturated carbocycles. The van der Waals surface area contributed by atoms with Gasteiger partial charge < -0.3 is 21.5 Å². The average Bonchev–Trinajstić information content (AvgIpc) is 3.58. The van der Waals surface area contributed by atoms with Crippen molar-refractivity contribution in [1.29, 1.82) is 0 Å². The maximum absolute atomic E-state index is 14.4. The highest BCUT2D eigenvalue weighted by Crippen LogP contribution is 2.35. The van der Waals surface area contributed by atoms with Gasteiger partial charge >= 0.3 is 0 Å². The molecule has 0 saturated heterocycles. The SMILES string of the molecule is CC(Oc1ccc(NC(=O)c2cc(-c3ccc(N)c(N)n3)ccc2F)cc1F)C1CC1. The predicted molar refractivity (Wildman–Crippen MR) is 116 cm³/mol. The molecule has 0 aliphatic heterocycles. The number of aromatic nitrogens is 1. The Labute approximate surface area is 178 Å². The Bertz CT molecular complexity index is 1150. The third-order valence-electron chi connectivity index (χ3n) is 5.25. The molecule has 1 heterocycles. The van der Waals surface area contributed by atoms with Gasteiger partial charge in [-0.25, -0.2) is 13.8 Å². The number of nitrogens with zero attached hydrogens (tertiary/aromatic N) is 1. The second kappa shape index (κ2) is 8.22. The molecule has 160 valence electrons. The molecule has 8 heteroatoms. The lowest BCUT2D eigenvalue weighted by molar-refractivity contribution is 0.102. The smallest absolute Gasteiger partial charge is 0.258 e. The number of carbonyl (C=O) groups is 1. The van der Waals surface area contributed by atoms with Crippen LogP contribution in [0.5, 0.6) is 5.75 Å². The summed E-state index contributed by atoms with van der Waals surface area (Å²) in [5.74, 6) is -1.31. The number of nitrogens with two attached hydrogens (primary N) is 2. The molecule has 4 rings (SSSR count). The molecule has 1 amide bonds. The first-order chi connectivity index (χ1) is 14.8. The monoisotopic (exact) mass is 424 g/mol. The van der Waals surface area contributed by atoms with Crippen LogP contribution >= 0.6 is 0 Å². The van der Waals surface area contributed by atoms with Crippen LogP contribution in [0.15, 0.2) is 48.5 Å². The van der Waals surface area contributed by atoms with Crippen LogP contribution in [0.4, 0.5) is 26.0 Å². The zero-order valence-electron chi connectivity index (χ0n) is 16.9. The first kappa shape index (κ1) is 20.6. The highest BCUT2D eigenvalue weighted by atomic mass is 19.1. The Morgan fingerprint density at radius 1 is 1.10 bits per heavy atom. The van der Waals surface area contributed by atoms with Gasteiger partial charge in [-0.3, -0.25) is 4.79 Å². The molecule has 3 aromatic rings. The molecule has 0 spiro atoms. The van der Waals surface area contributed by atoms with E-state index >= 15 is 0 Å². The number of rotatable bonds is 6. The van der Waals surface area contributed by atoms with E-state index in [1.807, 2.05) is 6.92 Å². The summed E-state index contributed by atoms with van der Waals surface area (Å²) >= 11 is 0.